The van der Waals surface area contributed by atoms with Crippen molar-refractivity contribution < 1.29 is 29.3 Å². The van der Waals surface area contributed by atoms with Crippen LogP contribution in [0.25, 0.3) is 0 Å². The van der Waals surface area contributed by atoms with Crippen LogP contribution in [0.2, 0.25) is 0 Å². The molecule has 0 bridgehead atoms. The molecule has 7 heteroatoms. The highest BCUT2D eigenvalue weighted by Crippen LogP contribution is 2.64. The first-order chi connectivity index (χ1) is 11.4. The van der Waals surface area contributed by atoms with Crippen LogP contribution >= 0.6 is 0 Å². The summed E-state index contributed by atoms with van der Waals surface area (Å²) < 4.78 is 5.05. The Kier molecular flexibility index (Phi) is 4.17. The zero-order valence-corrected chi connectivity index (χ0v) is 13.1. The molecule has 3 N–H and O–H groups in total. The molecular weight excluding hydrogens is 314 g/mol. The molecule has 2 aliphatic carbocycles. The van der Waals surface area contributed by atoms with E-state index in [1.54, 1.807) is 31.4 Å². The predicted molar refractivity (Wildman–Crippen MR) is 83.6 cm³/mol. The van der Waals surface area contributed by atoms with Crippen molar-refractivity contribution in [2.75, 3.05) is 12.4 Å². The number of nitrogens with one attached hydrogen (secondary N) is 1. The number of fused-ring (bicyclic) bond motifs is 1. The largest absolute Gasteiger partial charge is 0.497 e. The number of aliphatic carboxylic acids is 2. The third-order valence-corrected chi connectivity index (χ3v) is 5.12. The summed E-state index contributed by atoms with van der Waals surface area (Å²) in [6.07, 6.45) is 0.505. The molecule has 128 valence electrons. The Morgan fingerprint density at radius 3 is 2.33 bits per heavy atom. The Hall–Kier alpha value is -2.57. The number of hydrogen-bond acceptors (Lipinski definition) is 4. The fraction of sp³-hybridized carbons (Fsp3) is 0.471. The number of ether oxygens (including phenoxy) is 1. The molecule has 0 saturated heterocycles. The van der Waals surface area contributed by atoms with E-state index < -0.39 is 23.8 Å². The third kappa shape index (κ3) is 2.93. The van der Waals surface area contributed by atoms with Gasteiger partial charge < -0.3 is 20.3 Å². The highest BCUT2D eigenvalue weighted by atomic mass is 16.5. The standard InChI is InChI=1S/C17H19NO6/c1-24-10-4-2-9(3-5-10)18-12(19)7-8-6-11(16(20)21)14-13(8)15(14)17(22)23/h2-5,8,11,13-15H,6-7H2,1H3,(H,18,19)(H,20,21)(H,22,23). The quantitative estimate of drug-likeness (QED) is 0.730. The fourth-order valence-corrected chi connectivity index (χ4v) is 4.06. The minimum atomic E-state index is -0.966. The molecule has 0 aromatic heterocycles. The van der Waals surface area contributed by atoms with E-state index in [0.29, 0.717) is 17.9 Å². The molecule has 0 aliphatic heterocycles. The van der Waals surface area contributed by atoms with Gasteiger partial charge in [-0.05, 0) is 48.4 Å². The van der Waals surface area contributed by atoms with E-state index in [1.807, 2.05) is 0 Å². The molecule has 3 rings (SSSR count). The van der Waals surface area contributed by atoms with Crippen LogP contribution in [-0.2, 0) is 14.4 Å². The summed E-state index contributed by atoms with van der Waals surface area (Å²) in [7, 11) is 1.55. The van der Waals surface area contributed by atoms with Crippen molar-refractivity contribution in [2.45, 2.75) is 12.8 Å². The van der Waals surface area contributed by atoms with E-state index in [2.05, 4.69) is 5.32 Å². The number of carboxylic acids is 2. The summed E-state index contributed by atoms with van der Waals surface area (Å²) in [5, 5.41) is 21.2. The van der Waals surface area contributed by atoms with Gasteiger partial charge >= 0.3 is 11.9 Å². The van der Waals surface area contributed by atoms with E-state index >= 15 is 0 Å². The van der Waals surface area contributed by atoms with Crippen molar-refractivity contribution in [3.63, 3.8) is 0 Å². The number of amides is 1. The zero-order valence-electron chi connectivity index (χ0n) is 13.1. The molecule has 2 saturated carbocycles. The average Bonchev–Trinajstić information content (AvgIpc) is 3.17. The van der Waals surface area contributed by atoms with Crippen LogP contribution in [0, 0.1) is 29.6 Å². The van der Waals surface area contributed by atoms with Gasteiger partial charge in [-0.1, -0.05) is 0 Å². The molecule has 1 aromatic rings. The molecular formula is C17H19NO6. The molecule has 0 heterocycles. The minimum Gasteiger partial charge on any atom is -0.497 e. The summed E-state index contributed by atoms with van der Waals surface area (Å²) in [5.41, 5.74) is 0.621. The van der Waals surface area contributed by atoms with Gasteiger partial charge in [-0.25, -0.2) is 0 Å². The summed E-state index contributed by atoms with van der Waals surface area (Å²) in [6, 6.07) is 6.88. The van der Waals surface area contributed by atoms with Gasteiger partial charge in [-0.2, -0.15) is 0 Å². The number of carbonyl (C=O) groups excluding carboxylic acids is 1. The number of anilines is 1. The van der Waals surface area contributed by atoms with Crippen molar-refractivity contribution in [2.24, 2.45) is 29.6 Å². The fourth-order valence-electron chi connectivity index (χ4n) is 4.06. The molecule has 0 radical (unpaired) electrons. The van der Waals surface area contributed by atoms with E-state index in [9.17, 15) is 24.6 Å². The van der Waals surface area contributed by atoms with Crippen molar-refractivity contribution in [3.8, 4) is 5.75 Å². The minimum absolute atomic E-state index is 0.140. The van der Waals surface area contributed by atoms with Crippen LogP contribution in [-0.4, -0.2) is 35.2 Å². The van der Waals surface area contributed by atoms with Crippen LogP contribution in [0.1, 0.15) is 12.8 Å². The van der Waals surface area contributed by atoms with E-state index in [1.165, 1.54) is 0 Å². The van der Waals surface area contributed by atoms with Gasteiger partial charge in [0.2, 0.25) is 5.91 Å². The molecule has 5 atom stereocenters. The Labute approximate surface area is 138 Å². The predicted octanol–water partition coefficient (Wildman–Crippen LogP) is 1.69. The molecule has 24 heavy (non-hydrogen) atoms. The highest BCUT2D eigenvalue weighted by molar-refractivity contribution is 5.91. The lowest BCUT2D eigenvalue weighted by Crippen LogP contribution is -2.23. The summed E-state index contributed by atoms with van der Waals surface area (Å²) in [5.74, 6) is -3.50. The molecule has 1 amide bonds. The SMILES string of the molecule is COc1ccc(NC(=O)CC2CC(C(=O)O)C3C(C(=O)O)C23)cc1. The van der Waals surface area contributed by atoms with Gasteiger partial charge in [0.1, 0.15) is 5.75 Å². The number of hydrogen-bond donors (Lipinski definition) is 3. The third-order valence-electron chi connectivity index (χ3n) is 5.12. The zero-order chi connectivity index (χ0) is 17.4. The topological polar surface area (TPSA) is 113 Å². The second-order valence-corrected chi connectivity index (χ2v) is 6.44. The normalized spacial score (nSPS) is 30.3. The molecule has 0 spiro atoms. The number of methoxy groups -OCH3 is 1. The molecule has 2 aliphatic rings. The lowest BCUT2D eigenvalue weighted by atomic mass is 9.91. The summed E-state index contributed by atoms with van der Waals surface area (Å²) in [4.78, 5) is 34.7. The lowest BCUT2D eigenvalue weighted by Gasteiger charge is -2.16. The summed E-state index contributed by atoms with van der Waals surface area (Å²) in [6.45, 7) is 0. The molecule has 7 nitrogen and oxygen atoms in total. The first-order valence-electron chi connectivity index (χ1n) is 7.82. The monoisotopic (exact) mass is 333 g/mol. The average molecular weight is 333 g/mol. The van der Waals surface area contributed by atoms with E-state index in [-0.39, 0.29) is 30.1 Å². The van der Waals surface area contributed by atoms with Gasteiger partial charge in [0.05, 0.1) is 18.9 Å². The van der Waals surface area contributed by atoms with Gasteiger partial charge in [-0.3, -0.25) is 14.4 Å². The number of rotatable bonds is 6. The second kappa shape index (κ2) is 6.14. The Bertz CT molecular complexity index is 670. The maximum Gasteiger partial charge on any atom is 0.307 e. The van der Waals surface area contributed by atoms with Crippen molar-refractivity contribution in [3.05, 3.63) is 24.3 Å². The Morgan fingerprint density at radius 2 is 1.79 bits per heavy atom. The van der Waals surface area contributed by atoms with Crippen molar-refractivity contribution in [1.29, 1.82) is 0 Å². The van der Waals surface area contributed by atoms with Gasteiger partial charge in [0, 0.05) is 12.1 Å². The van der Waals surface area contributed by atoms with Crippen molar-refractivity contribution >= 4 is 23.5 Å². The van der Waals surface area contributed by atoms with Gasteiger partial charge in [0.15, 0.2) is 0 Å². The van der Waals surface area contributed by atoms with Crippen LogP contribution < -0.4 is 10.1 Å². The first kappa shape index (κ1) is 16.3. The highest BCUT2D eigenvalue weighted by Gasteiger charge is 2.67. The maximum atomic E-state index is 12.2. The Balaban J connectivity index is 1.61. The molecule has 1 aromatic carbocycles. The van der Waals surface area contributed by atoms with E-state index in [4.69, 9.17) is 4.74 Å². The number of benzene rings is 1. The molecule has 5 unspecified atom stereocenters. The number of carbonyl (C=O) groups is 3. The van der Waals surface area contributed by atoms with Crippen molar-refractivity contribution in [1.82, 2.24) is 0 Å². The molecule has 2 fully saturated rings. The van der Waals surface area contributed by atoms with E-state index in [0.717, 1.165) is 0 Å². The van der Waals surface area contributed by atoms with Crippen LogP contribution in [0.4, 0.5) is 5.69 Å². The lowest BCUT2D eigenvalue weighted by molar-refractivity contribution is -0.144. The summed E-state index contributed by atoms with van der Waals surface area (Å²) >= 11 is 0. The maximum absolute atomic E-state index is 12.2. The second-order valence-electron chi connectivity index (χ2n) is 6.44. The smallest absolute Gasteiger partial charge is 0.307 e. The Morgan fingerprint density at radius 1 is 1.12 bits per heavy atom. The first-order valence-corrected chi connectivity index (χ1v) is 7.82. The van der Waals surface area contributed by atoms with Crippen LogP contribution in [0.3, 0.4) is 0 Å². The van der Waals surface area contributed by atoms with Crippen LogP contribution in [0.5, 0.6) is 5.75 Å². The van der Waals surface area contributed by atoms with Gasteiger partial charge in [0.25, 0.3) is 0 Å². The number of carboxylic acid groups (broad SMARTS) is 2. The van der Waals surface area contributed by atoms with Crippen LogP contribution in [0.15, 0.2) is 24.3 Å². The van der Waals surface area contributed by atoms with Gasteiger partial charge in [-0.15, -0.1) is 0 Å².